The van der Waals surface area contributed by atoms with Gasteiger partial charge in [0.05, 0.1) is 5.39 Å². The van der Waals surface area contributed by atoms with Crippen molar-refractivity contribution >= 4 is 33.3 Å². The number of nitrogens with one attached hydrogen (secondary N) is 1. The predicted molar refractivity (Wildman–Crippen MR) is 93.8 cm³/mol. The molecule has 0 fully saturated rings. The first-order chi connectivity index (χ1) is 10.2. The number of thiophene rings is 1. The lowest BCUT2D eigenvalue weighted by atomic mass is 10.2. The molecule has 0 saturated heterocycles. The van der Waals surface area contributed by atoms with Gasteiger partial charge in [-0.25, -0.2) is 4.98 Å². The number of aromatic nitrogens is 2. The molecule has 4 nitrogen and oxygen atoms in total. The van der Waals surface area contributed by atoms with Crippen molar-refractivity contribution in [3.8, 4) is 0 Å². The van der Waals surface area contributed by atoms with Gasteiger partial charge in [0.2, 0.25) is 5.95 Å². The average Bonchev–Trinajstić information content (AvgIpc) is 2.91. The molecule has 0 spiro atoms. The number of unbranched alkanes of at least 4 members (excludes halogenated alkanes) is 1. The van der Waals surface area contributed by atoms with E-state index in [1.54, 1.807) is 11.3 Å². The maximum absolute atomic E-state index is 4.77. The number of hydrogen-bond acceptors (Lipinski definition) is 5. The monoisotopic (exact) mass is 306 g/mol. The van der Waals surface area contributed by atoms with Gasteiger partial charge in [-0.1, -0.05) is 20.3 Å². The molecule has 0 amide bonds. The summed E-state index contributed by atoms with van der Waals surface area (Å²) < 4.78 is 0. The van der Waals surface area contributed by atoms with E-state index in [-0.39, 0.29) is 0 Å². The van der Waals surface area contributed by atoms with Crippen LogP contribution in [-0.2, 0) is 6.42 Å². The van der Waals surface area contributed by atoms with E-state index in [4.69, 9.17) is 4.98 Å². The van der Waals surface area contributed by atoms with Gasteiger partial charge in [-0.3, -0.25) is 0 Å². The molecule has 1 N–H and O–H groups in total. The summed E-state index contributed by atoms with van der Waals surface area (Å²) in [5.41, 5.74) is 0. The second kappa shape index (κ2) is 7.59. The van der Waals surface area contributed by atoms with E-state index in [1.807, 2.05) is 0 Å². The fraction of sp³-hybridized carbons (Fsp3) is 0.625. The van der Waals surface area contributed by atoms with E-state index < -0.39 is 0 Å². The summed E-state index contributed by atoms with van der Waals surface area (Å²) in [7, 11) is 0. The normalized spacial score (nSPS) is 11.0. The van der Waals surface area contributed by atoms with Crippen LogP contribution >= 0.6 is 11.3 Å². The Labute approximate surface area is 131 Å². The fourth-order valence-corrected chi connectivity index (χ4v) is 3.33. The Balaban J connectivity index is 2.48. The second-order valence-electron chi connectivity index (χ2n) is 5.12. The Bertz CT molecular complexity index is 579. The van der Waals surface area contributed by atoms with Gasteiger partial charge in [0.15, 0.2) is 0 Å². The van der Waals surface area contributed by atoms with Crippen molar-refractivity contribution in [2.24, 2.45) is 0 Å². The lowest BCUT2D eigenvalue weighted by Crippen LogP contribution is -2.25. The molecule has 0 radical (unpaired) electrons. The van der Waals surface area contributed by atoms with Crippen molar-refractivity contribution < 1.29 is 0 Å². The molecule has 2 heterocycles. The zero-order chi connectivity index (χ0) is 15.2. The van der Waals surface area contributed by atoms with E-state index in [0.717, 1.165) is 42.7 Å². The summed E-state index contributed by atoms with van der Waals surface area (Å²) in [5.74, 6) is 1.84. The third-order valence-electron chi connectivity index (χ3n) is 3.57. The molecule has 2 rings (SSSR count). The number of hydrogen-bond donors (Lipinski definition) is 1. The lowest BCUT2D eigenvalue weighted by molar-refractivity contribution is 0.726. The Morgan fingerprint density at radius 3 is 2.62 bits per heavy atom. The third kappa shape index (κ3) is 3.64. The van der Waals surface area contributed by atoms with Crippen LogP contribution in [0.25, 0.3) is 10.2 Å². The van der Waals surface area contributed by atoms with Crippen LogP contribution in [-0.4, -0.2) is 29.6 Å². The standard InChI is InChI=1S/C16H26N4S/c1-5-9-10-20(8-4)14-13-11-12(6-2)21-15(13)19-16(18-14)17-7-3/h11H,5-10H2,1-4H3,(H,17,18,19). The molecule has 0 aliphatic rings. The molecule has 0 bridgehead atoms. The molecule has 0 aliphatic heterocycles. The van der Waals surface area contributed by atoms with Crippen molar-refractivity contribution in [1.29, 1.82) is 0 Å². The van der Waals surface area contributed by atoms with Gasteiger partial charge in [-0.2, -0.15) is 4.98 Å². The van der Waals surface area contributed by atoms with Gasteiger partial charge in [0.25, 0.3) is 0 Å². The summed E-state index contributed by atoms with van der Waals surface area (Å²) in [4.78, 5) is 14.3. The van der Waals surface area contributed by atoms with Crippen LogP contribution in [0.15, 0.2) is 6.07 Å². The Kier molecular flexibility index (Phi) is 5.79. The van der Waals surface area contributed by atoms with Crippen LogP contribution in [0.3, 0.4) is 0 Å². The first kappa shape index (κ1) is 16.0. The quantitative estimate of drug-likeness (QED) is 0.789. The predicted octanol–water partition coefficient (Wildman–Crippen LogP) is 4.31. The molecule has 5 heteroatoms. The summed E-state index contributed by atoms with van der Waals surface area (Å²) in [5, 5.41) is 4.47. The van der Waals surface area contributed by atoms with Crippen molar-refractivity contribution in [1.82, 2.24) is 9.97 Å². The van der Waals surface area contributed by atoms with Crippen LogP contribution in [0.4, 0.5) is 11.8 Å². The van der Waals surface area contributed by atoms with Gasteiger partial charge < -0.3 is 10.2 Å². The van der Waals surface area contributed by atoms with E-state index in [0.29, 0.717) is 0 Å². The number of anilines is 2. The summed E-state index contributed by atoms with van der Waals surface area (Å²) >= 11 is 1.79. The first-order valence-corrected chi connectivity index (χ1v) is 8.84. The minimum absolute atomic E-state index is 0.749. The van der Waals surface area contributed by atoms with Gasteiger partial charge >= 0.3 is 0 Å². The molecule has 116 valence electrons. The number of nitrogens with zero attached hydrogens (tertiary/aromatic N) is 3. The van der Waals surface area contributed by atoms with Crippen molar-refractivity contribution in [3.05, 3.63) is 10.9 Å². The van der Waals surface area contributed by atoms with Gasteiger partial charge in [0.1, 0.15) is 10.6 Å². The zero-order valence-electron chi connectivity index (χ0n) is 13.6. The number of rotatable bonds is 8. The van der Waals surface area contributed by atoms with Crippen LogP contribution in [0.5, 0.6) is 0 Å². The molecule has 0 aliphatic carbocycles. The van der Waals surface area contributed by atoms with E-state index in [1.165, 1.54) is 23.1 Å². The van der Waals surface area contributed by atoms with Gasteiger partial charge in [-0.15, -0.1) is 11.3 Å². The topological polar surface area (TPSA) is 41.1 Å². The highest BCUT2D eigenvalue weighted by atomic mass is 32.1. The molecular formula is C16H26N4S. The van der Waals surface area contributed by atoms with Gasteiger partial charge in [-0.05, 0) is 32.8 Å². The summed E-state index contributed by atoms with van der Waals surface area (Å²) in [6, 6.07) is 2.26. The smallest absolute Gasteiger partial charge is 0.226 e. The van der Waals surface area contributed by atoms with Crippen LogP contribution < -0.4 is 10.2 Å². The molecular weight excluding hydrogens is 280 g/mol. The lowest BCUT2D eigenvalue weighted by Gasteiger charge is -2.23. The molecule has 2 aromatic heterocycles. The second-order valence-corrected chi connectivity index (χ2v) is 6.23. The maximum atomic E-state index is 4.77. The highest BCUT2D eigenvalue weighted by molar-refractivity contribution is 7.18. The van der Waals surface area contributed by atoms with Crippen LogP contribution in [0, 0.1) is 0 Å². The Hall–Kier alpha value is -1.36. The minimum atomic E-state index is 0.749. The number of aryl methyl sites for hydroxylation is 1. The number of fused-ring (bicyclic) bond motifs is 1. The highest BCUT2D eigenvalue weighted by Gasteiger charge is 2.15. The first-order valence-electron chi connectivity index (χ1n) is 8.02. The van der Waals surface area contributed by atoms with Crippen LogP contribution in [0.1, 0.15) is 45.4 Å². The van der Waals surface area contributed by atoms with E-state index in [2.05, 4.69) is 49.0 Å². The molecule has 0 atom stereocenters. The third-order valence-corrected chi connectivity index (χ3v) is 4.74. The van der Waals surface area contributed by atoms with Crippen molar-refractivity contribution in [2.75, 3.05) is 29.9 Å². The van der Waals surface area contributed by atoms with E-state index >= 15 is 0 Å². The SMILES string of the molecule is CCCCN(CC)c1nc(NCC)nc2sc(CC)cc12. The summed E-state index contributed by atoms with van der Waals surface area (Å²) in [6.07, 6.45) is 3.45. The zero-order valence-corrected chi connectivity index (χ0v) is 14.4. The molecule has 0 saturated carbocycles. The minimum Gasteiger partial charge on any atom is -0.356 e. The van der Waals surface area contributed by atoms with Crippen LogP contribution in [0.2, 0.25) is 0 Å². The van der Waals surface area contributed by atoms with Gasteiger partial charge in [0, 0.05) is 24.5 Å². The van der Waals surface area contributed by atoms with Crippen molar-refractivity contribution in [2.45, 2.75) is 47.0 Å². The highest BCUT2D eigenvalue weighted by Crippen LogP contribution is 2.32. The molecule has 21 heavy (non-hydrogen) atoms. The average molecular weight is 306 g/mol. The maximum Gasteiger partial charge on any atom is 0.226 e. The van der Waals surface area contributed by atoms with E-state index in [9.17, 15) is 0 Å². The largest absolute Gasteiger partial charge is 0.356 e. The molecule has 2 aromatic rings. The molecule has 0 aromatic carbocycles. The fourth-order valence-electron chi connectivity index (χ4n) is 2.37. The summed E-state index contributed by atoms with van der Waals surface area (Å²) in [6.45, 7) is 11.6. The Morgan fingerprint density at radius 1 is 1.19 bits per heavy atom. The Morgan fingerprint density at radius 2 is 2.00 bits per heavy atom. The molecule has 0 unspecified atom stereocenters. The van der Waals surface area contributed by atoms with Crippen molar-refractivity contribution in [3.63, 3.8) is 0 Å².